The average molecular weight is 399 g/mol. The Bertz CT molecular complexity index is 897. The van der Waals surface area contributed by atoms with Gasteiger partial charge in [0, 0.05) is 11.4 Å². The predicted octanol–water partition coefficient (Wildman–Crippen LogP) is 4.23. The topological polar surface area (TPSA) is 41.6 Å². The van der Waals surface area contributed by atoms with E-state index in [0.717, 1.165) is 21.8 Å². The quantitative estimate of drug-likeness (QED) is 0.617. The summed E-state index contributed by atoms with van der Waals surface area (Å²) in [6.07, 6.45) is 0. The van der Waals surface area contributed by atoms with Gasteiger partial charge in [-0.05, 0) is 53.9 Å². The van der Waals surface area contributed by atoms with Gasteiger partial charge in [-0.15, -0.1) is 11.3 Å². The minimum atomic E-state index is -0.293. The monoisotopic (exact) mass is 398 g/mol. The van der Waals surface area contributed by atoms with Crippen molar-refractivity contribution in [1.82, 2.24) is 10.2 Å². The molecular formula is C22H23FN2O2S. The van der Waals surface area contributed by atoms with E-state index in [1.165, 1.54) is 12.1 Å². The highest BCUT2D eigenvalue weighted by molar-refractivity contribution is 7.10. The zero-order valence-electron chi connectivity index (χ0n) is 15.9. The van der Waals surface area contributed by atoms with Gasteiger partial charge in [-0.2, -0.15) is 0 Å². The number of benzene rings is 2. The number of likely N-dealkylation sites (N-methyl/N-ethyl adjacent to an activating group) is 1. The van der Waals surface area contributed by atoms with Crippen LogP contribution in [0.2, 0.25) is 0 Å². The number of rotatable bonds is 8. The van der Waals surface area contributed by atoms with Gasteiger partial charge in [0.2, 0.25) is 5.91 Å². The summed E-state index contributed by atoms with van der Waals surface area (Å²) in [6, 6.07) is 17.7. The molecule has 1 atom stereocenters. The minimum absolute atomic E-state index is 0.0897. The first-order valence-electron chi connectivity index (χ1n) is 8.95. The Morgan fingerprint density at radius 2 is 1.96 bits per heavy atom. The molecule has 28 heavy (non-hydrogen) atoms. The second-order valence-electron chi connectivity index (χ2n) is 6.59. The van der Waals surface area contributed by atoms with Gasteiger partial charge in [0.05, 0.1) is 19.7 Å². The van der Waals surface area contributed by atoms with Crippen molar-refractivity contribution in [3.05, 3.63) is 87.9 Å². The van der Waals surface area contributed by atoms with Gasteiger partial charge in [0.25, 0.3) is 0 Å². The van der Waals surface area contributed by atoms with E-state index in [2.05, 4.69) is 5.32 Å². The number of methoxy groups -OCH3 is 1. The third-order valence-electron chi connectivity index (χ3n) is 4.34. The van der Waals surface area contributed by atoms with Crippen LogP contribution in [0.4, 0.5) is 4.39 Å². The molecule has 0 saturated heterocycles. The van der Waals surface area contributed by atoms with Crippen LogP contribution in [0.15, 0.2) is 66.0 Å². The molecule has 0 aliphatic heterocycles. The molecule has 0 bridgehead atoms. The maximum atomic E-state index is 13.3. The van der Waals surface area contributed by atoms with E-state index in [1.807, 2.05) is 53.7 Å². The first-order chi connectivity index (χ1) is 13.5. The normalized spacial score (nSPS) is 12.0. The molecule has 4 nitrogen and oxygen atoms in total. The number of hydrogen-bond donors (Lipinski definition) is 1. The summed E-state index contributed by atoms with van der Waals surface area (Å²) in [5.41, 5.74) is 1.93. The maximum Gasteiger partial charge on any atom is 0.234 e. The molecule has 0 spiro atoms. The molecule has 1 aromatic heterocycles. The fourth-order valence-corrected chi connectivity index (χ4v) is 3.82. The number of carbonyl (C=O) groups excluding carboxylic acids is 1. The Hall–Kier alpha value is -2.70. The zero-order chi connectivity index (χ0) is 19.9. The maximum absolute atomic E-state index is 13.3. The average Bonchev–Trinajstić information content (AvgIpc) is 3.21. The van der Waals surface area contributed by atoms with Crippen LogP contribution in [-0.2, 0) is 11.3 Å². The molecule has 0 aliphatic carbocycles. The van der Waals surface area contributed by atoms with Crippen molar-refractivity contribution < 1.29 is 13.9 Å². The molecular weight excluding hydrogens is 375 g/mol. The zero-order valence-corrected chi connectivity index (χ0v) is 16.7. The molecule has 1 N–H and O–H groups in total. The van der Waals surface area contributed by atoms with E-state index in [4.69, 9.17) is 4.74 Å². The largest absolute Gasteiger partial charge is 0.497 e. The summed E-state index contributed by atoms with van der Waals surface area (Å²) in [7, 11) is 3.54. The number of nitrogens with one attached hydrogen (secondary N) is 1. The second-order valence-corrected chi connectivity index (χ2v) is 7.57. The van der Waals surface area contributed by atoms with E-state index in [1.54, 1.807) is 30.6 Å². The Kier molecular flexibility index (Phi) is 6.79. The van der Waals surface area contributed by atoms with Crippen LogP contribution in [0.3, 0.4) is 0 Å². The predicted molar refractivity (Wildman–Crippen MR) is 110 cm³/mol. The van der Waals surface area contributed by atoms with E-state index >= 15 is 0 Å². The first-order valence-corrected chi connectivity index (χ1v) is 9.83. The van der Waals surface area contributed by atoms with Crippen molar-refractivity contribution in [1.29, 1.82) is 0 Å². The van der Waals surface area contributed by atoms with Crippen LogP contribution in [0.1, 0.15) is 22.0 Å². The molecule has 0 unspecified atom stereocenters. The van der Waals surface area contributed by atoms with Crippen LogP contribution in [0.5, 0.6) is 5.75 Å². The van der Waals surface area contributed by atoms with Crippen LogP contribution in [0, 0.1) is 5.82 Å². The van der Waals surface area contributed by atoms with E-state index in [0.29, 0.717) is 6.54 Å². The molecule has 146 valence electrons. The Morgan fingerprint density at radius 1 is 1.18 bits per heavy atom. The van der Waals surface area contributed by atoms with Gasteiger partial charge in [-0.25, -0.2) is 4.39 Å². The SMILES string of the molecule is COc1cccc(CN(C)CC(=O)N[C@@H](c2ccc(F)cc2)c2cccs2)c1. The summed E-state index contributed by atoms with van der Waals surface area (Å²) in [4.78, 5) is 15.6. The van der Waals surface area contributed by atoms with Gasteiger partial charge >= 0.3 is 0 Å². The lowest BCUT2D eigenvalue weighted by Crippen LogP contribution is -2.37. The van der Waals surface area contributed by atoms with E-state index in [9.17, 15) is 9.18 Å². The van der Waals surface area contributed by atoms with Gasteiger partial charge in [-0.3, -0.25) is 9.69 Å². The molecule has 0 aliphatic rings. The highest BCUT2D eigenvalue weighted by atomic mass is 32.1. The summed E-state index contributed by atoms with van der Waals surface area (Å²) in [5, 5.41) is 5.04. The molecule has 6 heteroatoms. The van der Waals surface area contributed by atoms with E-state index in [-0.39, 0.29) is 24.3 Å². The second kappa shape index (κ2) is 9.48. The summed E-state index contributed by atoms with van der Waals surface area (Å²) < 4.78 is 18.5. The van der Waals surface area contributed by atoms with E-state index < -0.39 is 0 Å². The number of amides is 1. The number of ether oxygens (including phenoxy) is 1. The molecule has 2 aromatic carbocycles. The third kappa shape index (κ3) is 5.41. The molecule has 0 saturated carbocycles. The summed E-state index contributed by atoms with van der Waals surface area (Å²) in [6.45, 7) is 0.880. The summed E-state index contributed by atoms with van der Waals surface area (Å²) >= 11 is 1.56. The summed E-state index contributed by atoms with van der Waals surface area (Å²) in [5.74, 6) is 0.413. The lowest BCUT2D eigenvalue weighted by molar-refractivity contribution is -0.122. The third-order valence-corrected chi connectivity index (χ3v) is 5.27. The molecule has 3 aromatic rings. The van der Waals surface area contributed by atoms with Crippen molar-refractivity contribution in [3.63, 3.8) is 0 Å². The van der Waals surface area contributed by atoms with Crippen molar-refractivity contribution in [2.24, 2.45) is 0 Å². The number of halogens is 1. The first kappa shape index (κ1) is 20.0. The van der Waals surface area contributed by atoms with Gasteiger partial charge in [-0.1, -0.05) is 30.3 Å². The van der Waals surface area contributed by atoms with Crippen LogP contribution in [-0.4, -0.2) is 31.5 Å². The Morgan fingerprint density at radius 3 is 2.64 bits per heavy atom. The molecule has 3 rings (SSSR count). The standard InChI is InChI=1S/C22H23FN2O2S/c1-25(14-16-5-3-6-19(13-16)27-2)15-21(26)24-22(20-7-4-12-28-20)17-8-10-18(23)11-9-17/h3-13,22H,14-15H2,1-2H3,(H,24,26)/t22-/m0/s1. The lowest BCUT2D eigenvalue weighted by Gasteiger charge is -2.21. The van der Waals surface area contributed by atoms with Crippen LogP contribution >= 0.6 is 11.3 Å². The fraction of sp³-hybridized carbons (Fsp3) is 0.227. The van der Waals surface area contributed by atoms with Crippen molar-refractivity contribution in [2.45, 2.75) is 12.6 Å². The number of hydrogen-bond acceptors (Lipinski definition) is 4. The van der Waals surface area contributed by atoms with Crippen molar-refractivity contribution >= 4 is 17.2 Å². The number of carbonyl (C=O) groups is 1. The minimum Gasteiger partial charge on any atom is -0.497 e. The number of thiophene rings is 1. The lowest BCUT2D eigenvalue weighted by atomic mass is 10.1. The van der Waals surface area contributed by atoms with Crippen LogP contribution in [0.25, 0.3) is 0 Å². The Balaban J connectivity index is 1.65. The van der Waals surface area contributed by atoms with Gasteiger partial charge < -0.3 is 10.1 Å². The molecule has 1 heterocycles. The number of nitrogens with zero attached hydrogens (tertiary/aromatic N) is 1. The highest BCUT2D eigenvalue weighted by Gasteiger charge is 2.19. The fourth-order valence-electron chi connectivity index (χ4n) is 3.02. The Labute approximate surface area is 168 Å². The van der Waals surface area contributed by atoms with Crippen molar-refractivity contribution in [3.8, 4) is 5.75 Å². The smallest absolute Gasteiger partial charge is 0.234 e. The van der Waals surface area contributed by atoms with Gasteiger partial charge in [0.1, 0.15) is 11.6 Å². The van der Waals surface area contributed by atoms with Crippen LogP contribution < -0.4 is 10.1 Å². The van der Waals surface area contributed by atoms with Crippen molar-refractivity contribution in [2.75, 3.05) is 20.7 Å². The van der Waals surface area contributed by atoms with Gasteiger partial charge in [0.15, 0.2) is 0 Å². The molecule has 1 amide bonds. The molecule has 0 radical (unpaired) electrons. The highest BCUT2D eigenvalue weighted by Crippen LogP contribution is 2.26. The molecule has 0 fully saturated rings.